The average molecular weight is 435 g/mol. The number of hydrogen-bond acceptors (Lipinski definition) is 6. The summed E-state index contributed by atoms with van der Waals surface area (Å²) in [4.78, 5) is 14.1. The SMILES string of the molecule is CC(c1ccc(F)cc1)N(C)C(=O)CSc1nnc(NCc2ccc(F)cc2)s1. The molecule has 29 heavy (non-hydrogen) atoms. The first kappa shape index (κ1) is 21.2. The Balaban J connectivity index is 1.48. The standard InChI is InChI=1S/C20H20F2N4OS2/c1-13(15-5-9-17(22)10-6-15)26(2)18(27)12-28-20-25-24-19(29-20)23-11-14-3-7-16(21)8-4-14/h3-10,13H,11-12H2,1-2H3,(H,23,24). The highest BCUT2D eigenvalue weighted by atomic mass is 32.2. The second-order valence-corrected chi connectivity index (χ2v) is 8.57. The smallest absolute Gasteiger partial charge is 0.233 e. The third-order valence-corrected chi connectivity index (χ3v) is 6.41. The molecule has 0 aliphatic heterocycles. The first-order valence-corrected chi connectivity index (χ1v) is 10.7. The fraction of sp³-hybridized carbons (Fsp3) is 0.250. The fourth-order valence-electron chi connectivity index (χ4n) is 2.53. The molecule has 1 heterocycles. The van der Waals surface area contributed by atoms with Crippen LogP contribution in [-0.4, -0.2) is 33.8 Å². The summed E-state index contributed by atoms with van der Waals surface area (Å²) in [5.74, 6) is -0.394. The molecule has 0 aliphatic rings. The average Bonchev–Trinajstić information content (AvgIpc) is 3.19. The van der Waals surface area contributed by atoms with Crippen molar-refractivity contribution in [1.29, 1.82) is 0 Å². The molecule has 2 aromatic carbocycles. The van der Waals surface area contributed by atoms with Crippen molar-refractivity contribution < 1.29 is 13.6 Å². The van der Waals surface area contributed by atoms with Gasteiger partial charge in [-0.2, -0.15) is 0 Å². The summed E-state index contributed by atoms with van der Waals surface area (Å²) in [5.41, 5.74) is 1.80. The molecule has 3 rings (SSSR count). The van der Waals surface area contributed by atoms with Crippen LogP contribution in [0.2, 0.25) is 0 Å². The van der Waals surface area contributed by atoms with Gasteiger partial charge in [0.2, 0.25) is 11.0 Å². The van der Waals surface area contributed by atoms with Crippen LogP contribution in [0, 0.1) is 11.6 Å². The molecule has 152 valence electrons. The van der Waals surface area contributed by atoms with Crippen molar-refractivity contribution in [1.82, 2.24) is 15.1 Å². The lowest BCUT2D eigenvalue weighted by molar-refractivity contribution is -0.128. The van der Waals surface area contributed by atoms with E-state index in [1.807, 2.05) is 6.92 Å². The molecule has 0 bridgehead atoms. The zero-order chi connectivity index (χ0) is 20.8. The lowest BCUT2D eigenvalue weighted by Crippen LogP contribution is -2.31. The van der Waals surface area contributed by atoms with Gasteiger partial charge in [0, 0.05) is 13.6 Å². The van der Waals surface area contributed by atoms with Crippen LogP contribution >= 0.6 is 23.1 Å². The van der Waals surface area contributed by atoms with Crippen molar-refractivity contribution in [3.63, 3.8) is 0 Å². The minimum atomic E-state index is -0.300. The van der Waals surface area contributed by atoms with Gasteiger partial charge in [0.25, 0.3) is 0 Å². The van der Waals surface area contributed by atoms with Crippen molar-refractivity contribution in [3.05, 3.63) is 71.3 Å². The number of hydrogen-bond donors (Lipinski definition) is 1. The Labute approximate surface area is 176 Å². The summed E-state index contributed by atoms with van der Waals surface area (Å²) in [5, 5.41) is 11.9. The maximum atomic E-state index is 13.1. The predicted octanol–water partition coefficient (Wildman–Crippen LogP) is 4.74. The highest BCUT2D eigenvalue weighted by Gasteiger charge is 2.18. The molecule has 1 amide bonds. The lowest BCUT2D eigenvalue weighted by Gasteiger charge is -2.25. The number of amides is 1. The highest BCUT2D eigenvalue weighted by molar-refractivity contribution is 8.01. The monoisotopic (exact) mass is 434 g/mol. The first-order valence-electron chi connectivity index (χ1n) is 8.88. The molecule has 3 aromatic rings. The summed E-state index contributed by atoms with van der Waals surface area (Å²) in [6, 6.07) is 12.2. The van der Waals surface area contributed by atoms with Crippen molar-refractivity contribution in [2.45, 2.75) is 23.8 Å². The maximum Gasteiger partial charge on any atom is 0.233 e. The normalized spacial score (nSPS) is 11.9. The molecule has 1 atom stereocenters. The molecular formula is C20H20F2N4OS2. The summed E-state index contributed by atoms with van der Waals surface area (Å²) < 4.78 is 26.7. The lowest BCUT2D eigenvalue weighted by atomic mass is 10.1. The zero-order valence-electron chi connectivity index (χ0n) is 15.9. The quantitative estimate of drug-likeness (QED) is 0.519. The number of nitrogens with zero attached hydrogens (tertiary/aromatic N) is 3. The molecule has 1 aromatic heterocycles. The van der Waals surface area contributed by atoms with Gasteiger partial charge < -0.3 is 10.2 Å². The van der Waals surface area contributed by atoms with Crippen molar-refractivity contribution >= 4 is 34.1 Å². The highest BCUT2D eigenvalue weighted by Crippen LogP contribution is 2.27. The number of halogens is 2. The third-order valence-electron chi connectivity index (χ3n) is 4.41. The van der Waals surface area contributed by atoms with E-state index in [4.69, 9.17) is 0 Å². The van der Waals surface area contributed by atoms with Gasteiger partial charge in [0.05, 0.1) is 11.8 Å². The molecular weight excluding hydrogens is 414 g/mol. The molecule has 1 unspecified atom stereocenters. The van der Waals surface area contributed by atoms with E-state index in [1.165, 1.54) is 47.4 Å². The number of rotatable bonds is 8. The Kier molecular flexibility index (Phi) is 7.16. The Morgan fingerprint density at radius 3 is 2.38 bits per heavy atom. The van der Waals surface area contributed by atoms with Crippen molar-refractivity contribution in [2.75, 3.05) is 18.1 Å². The van der Waals surface area contributed by atoms with Crippen LogP contribution in [0.1, 0.15) is 24.1 Å². The van der Waals surface area contributed by atoms with Crippen LogP contribution < -0.4 is 5.32 Å². The van der Waals surface area contributed by atoms with Gasteiger partial charge in [-0.15, -0.1) is 10.2 Å². The molecule has 0 fully saturated rings. The van der Waals surface area contributed by atoms with Gasteiger partial charge in [0.15, 0.2) is 4.34 Å². The van der Waals surface area contributed by atoms with E-state index in [0.717, 1.165) is 11.1 Å². The van der Waals surface area contributed by atoms with Crippen molar-refractivity contribution in [3.8, 4) is 0 Å². The van der Waals surface area contributed by atoms with Gasteiger partial charge >= 0.3 is 0 Å². The second kappa shape index (κ2) is 9.80. The number of carbonyl (C=O) groups is 1. The van der Waals surface area contributed by atoms with Gasteiger partial charge in [-0.1, -0.05) is 47.4 Å². The Morgan fingerprint density at radius 1 is 1.10 bits per heavy atom. The largest absolute Gasteiger partial charge is 0.356 e. The summed E-state index contributed by atoms with van der Waals surface area (Å²) in [7, 11) is 1.73. The second-order valence-electron chi connectivity index (χ2n) is 6.37. The van der Waals surface area contributed by atoms with E-state index < -0.39 is 0 Å². The van der Waals surface area contributed by atoms with Crippen LogP contribution in [0.25, 0.3) is 0 Å². The van der Waals surface area contributed by atoms with E-state index in [2.05, 4.69) is 15.5 Å². The van der Waals surface area contributed by atoms with Crippen LogP contribution in [0.4, 0.5) is 13.9 Å². The van der Waals surface area contributed by atoms with E-state index in [9.17, 15) is 13.6 Å². The molecule has 0 saturated heterocycles. The first-order chi connectivity index (χ1) is 13.9. The number of nitrogens with one attached hydrogen (secondary N) is 1. The summed E-state index contributed by atoms with van der Waals surface area (Å²) >= 11 is 2.68. The van der Waals surface area contributed by atoms with Crippen molar-refractivity contribution in [2.24, 2.45) is 0 Å². The van der Waals surface area contributed by atoms with Gasteiger partial charge in [0.1, 0.15) is 11.6 Å². The fourth-order valence-corrected chi connectivity index (χ4v) is 4.20. The molecule has 9 heteroatoms. The van der Waals surface area contributed by atoms with E-state index in [0.29, 0.717) is 16.0 Å². The molecule has 0 saturated carbocycles. The predicted molar refractivity (Wildman–Crippen MR) is 112 cm³/mol. The molecule has 0 radical (unpaired) electrons. The van der Waals surface area contributed by atoms with E-state index >= 15 is 0 Å². The number of thioether (sulfide) groups is 1. The Morgan fingerprint density at radius 2 is 1.72 bits per heavy atom. The minimum absolute atomic E-state index is 0.0529. The van der Waals surface area contributed by atoms with Crippen LogP contribution in [0.5, 0.6) is 0 Å². The molecule has 0 aliphatic carbocycles. The molecule has 0 spiro atoms. The van der Waals surface area contributed by atoms with Crippen LogP contribution in [-0.2, 0) is 11.3 Å². The number of benzene rings is 2. The van der Waals surface area contributed by atoms with Crippen LogP contribution in [0.15, 0.2) is 52.9 Å². The third kappa shape index (κ3) is 5.98. The summed E-state index contributed by atoms with van der Waals surface area (Å²) in [6.07, 6.45) is 0. The van der Waals surface area contributed by atoms with Gasteiger partial charge in [-0.25, -0.2) is 8.78 Å². The number of carbonyl (C=O) groups excluding carboxylic acids is 1. The topological polar surface area (TPSA) is 58.1 Å². The van der Waals surface area contributed by atoms with Crippen LogP contribution in [0.3, 0.4) is 0 Å². The maximum absolute atomic E-state index is 13.1. The van der Waals surface area contributed by atoms with E-state index in [1.54, 1.807) is 36.2 Å². The zero-order valence-corrected chi connectivity index (χ0v) is 17.6. The Hall–Kier alpha value is -2.52. The van der Waals surface area contributed by atoms with E-state index in [-0.39, 0.29) is 29.3 Å². The Bertz CT molecular complexity index is 948. The number of aromatic nitrogens is 2. The van der Waals surface area contributed by atoms with Gasteiger partial charge in [-0.05, 0) is 42.3 Å². The molecule has 1 N–H and O–H groups in total. The molecule has 5 nitrogen and oxygen atoms in total. The minimum Gasteiger partial charge on any atom is -0.356 e. The summed E-state index contributed by atoms with van der Waals surface area (Å²) in [6.45, 7) is 2.41. The van der Waals surface area contributed by atoms with Gasteiger partial charge in [-0.3, -0.25) is 4.79 Å². The number of anilines is 1.